The average molecular weight is 319 g/mol. The lowest BCUT2D eigenvalue weighted by atomic mass is 10.2. The van der Waals surface area contributed by atoms with Gasteiger partial charge in [-0.1, -0.05) is 12.1 Å². The summed E-state index contributed by atoms with van der Waals surface area (Å²) < 4.78 is 6.98. The molecule has 1 aromatic carbocycles. The van der Waals surface area contributed by atoms with Crippen LogP contribution in [0.25, 0.3) is 10.9 Å². The highest BCUT2D eigenvalue weighted by Gasteiger charge is 2.16. The number of hydrogen-bond donors (Lipinski definition) is 2. The maximum atomic E-state index is 12.4. The van der Waals surface area contributed by atoms with E-state index in [0.717, 1.165) is 19.4 Å². The zero-order valence-electron chi connectivity index (χ0n) is 12.0. The number of ether oxygens (including phenoxy) is 1. The molecule has 6 nitrogen and oxygen atoms in total. The van der Waals surface area contributed by atoms with E-state index in [1.165, 1.54) is 4.57 Å². The molecule has 0 saturated carbocycles. The van der Waals surface area contributed by atoms with Crippen LogP contribution < -0.4 is 10.9 Å². The predicted octanol–water partition coefficient (Wildman–Crippen LogP) is 1.35. The Morgan fingerprint density at radius 2 is 2.27 bits per heavy atom. The van der Waals surface area contributed by atoms with E-state index in [2.05, 4.69) is 10.3 Å². The van der Waals surface area contributed by atoms with Crippen LogP contribution >= 0.6 is 12.2 Å². The van der Waals surface area contributed by atoms with Crippen LogP contribution in [0, 0.1) is 4.77 Å². The molecule has 116 valence electrons. The van der Waals surface area contributed by atoms with E-state index in [0.29, 0.717) is 17.4 Å². The van der Waals surface area contributed by atoms with Crippen molar-refractivity contribution in [2.45, 2.75) is 25.5 Å². The Morgan fingerprint density at radius 1 is 1.45 bits per heavy atom. The molecule has 2 aromatic rings. The van der Waals surface area contributed by atoms with Gasteiger partial charge in [-0.15, -0.1) is 0 Å². The van der Waals surface area contributed by atoms with Crippen molar-refractivity contribution >= 4 is 29.0 Å². The monoisotopic (exact) mass is 319 g/mol. The van der Waals surface area contributed by atoms with Crippen molar-refractivity contribution in [2.24, 2.45) is 0 Å². The third-order valence-corrected chi connectivity index (χ3v) is 4.06. The van der Waals surface area contributed by atoms with E-state index in [1.807, 2.05) is 6.07 Å². The summed E-state index contributed by atoms with van der Waals surface area (Å²) in [6.07, 6.45) is 2.05. The molecule has 2 heterocycles. The lowest BCUT2D eigenvalue weighted by Gasteiger charge is -2.12. The minimum absolute atomic E-state index is 0.0757. The van der Waals surface area contributed by atoms with Crippen LogP contribution in [-0.4, -0.2) is 34.7 Å². The first-order chi connectivity index (χ1) is 10.6. The average Bonchev–Trinajstić information content (AvgIpc) is 3.03. The number of para-hydroxylation sites is 1. The van der Waals surface area contributed by atoms with Crippen molar-refractivity contribution in [1.29, 1.82) is 0 Å². The van der Waals surface area contributed by atoms with Crippen molar-refractivity contribution in [3.8, 4) is 0 Å². The Balaban J connectivity index is 1.77. The molecular formula is C15H17N3O3S. The standard InChI is InChI=1S/C15H17N3O3S/c19-13(16-8-10-4-3-7-21-10)9-18-14(20)11-5-1-2-6-12(11)17-15(18)22/h1-2,5-6,10H,3-4,7-9H2,(H,16,19)(H,17,22)/t10-/m1/s1. The Kier molecular flexibility index (Phi) is 4.35. The Labute approximate surface area is 132 Å². The fraction of sp³-hybridized carbons (Fsp3) is 0.400. The van der Waals surface area contributed by atoms with E-state index >= 15 is 0 Å². The van der Waals surface area contributed by atoms with Crippen molar-refractivity contribution in [2.75, 3.05) is 13.2 Å². The van der Waals surface area contributed by atoms with Gasteiger partial charge in [-0.3, -0.25) is 14.2 Å². The molecule has 1 atom stereocenters. The Hall–Kier alpha value is -1.99. The normalized spacial score (nSPS) is 17.7. The largest absolute Gasteiger partial charge is 0.376 e. The Bertz CT molecular complexity index is 806. The molecule has 1 aliphatic rings. The summed E-state index contributed by atoms with van der Waals surface area (Å²) in [5.41, 5.74) is 0.417. The predicted molar refractivity (Wildman–Crippen MR) is 85.4 cm³/mol. The first-order valence-electron chi connectivity index (χ1n) is 7.25. The van der Waals surface area contributed by atoms with Crippen LogP contribution in [0.1, 0.15) is 12.8 Å². The smallest absolute Gasteiger partial charge is 0.262 e. The van der Waals surface area contributed by atoms with Gasteiger partial charge in [-0.05, 0) is 37.2 Å². The number of carbonyl (C=O) groups excluding carboxylic acids is 1. The van der Waals surface area contributed by atoms with Crippen LogP contribution in [0.2, 0.25) is 0 Å². The van der Waals surface area contributed by atoms with Crippen molar-refractivity contribution in [3.05, 3.63) is 39.4 Å². The highest BCUT2D eigenvalue weighted by molar-refractivity contribution is 7.71. The number of carbonyl (C=O) groups is 1. The van der Waals surface area contributed by atoms with Gasteiger partial charge < -0.3 is 15.0 Å². The summed E-state index contributed by atoms with van der Waals surface area (Å²) in [5.74, 6) is -0.243. The molecule has 0 spiro atoms. The van der Waals surface area contributed by atoms with Gasteiger partial charge in [-0.2, -0.15) is 0 Å². The molecule has 22 heavy (non-hydrogen) atoms. The molecule has 1 saturated heterocycles. The summed E-state index contributed by atoms with van der Waals surface area (Å²) in [7, 11) is 0. The summed E-state index contributed by atoms with van der Waals surface area (Å²) in [6, 6.07) is 7.10. The van der Waals surface area contributed by atoms with E-state index in [4.69, 9.17) is 17.0 Å². The minimum atomic E-state index is -0.258. The molecule has 0 radical (unpaired) electrons. The van der Waals surface area contributed by atoms with Crippen LogP contribution in [0.3, 0.4) is 0 Å². The zero-order valence-corrected chi connectivity index (χ0v) is 12.8. The number of nitrogens with zero attached hydrogens (tertiary/aromatic N) is 1. The number of aromatic amines is 1. The first kappa shape index (κ1) is 14.9. The van der Waals surface area contributed by atoms with Gasteiger partial charge in [0.2, 0.25) is 5.91 Å². The van der Waals surface area contributed by atoms with Gasteiger partial charge in [-0.25, -0.2) is 0 Å². The number of rotatable bonds is 4. The van der Waals surface area contributed by atoms with Gasteiger partial charge >= 0.3 is 0 Å². The fourth-order valence-corrected chi connectivity index (χ4v) is 2.83. The molecule has 3 rings (SSSR count). The zero-order chi connectivity index (χ0) is 15.5. The van der Waals surface area contributed by atoms with E-state index in [-0.39, 0.29) is 28.9 Å². The lowest BCUT2D eigenvalue weighted by molar-refractivity contribution is -0.122. The third-order valence-electron chi connectivity index (χ3n) is 3.74. The van der Waals surface area contributed by atoms with Crippen LogP contribution in [-0.2, 0) is 16.1 Å². The minimum Gasteiger partial charge on any atom is -0.376 e. The molecule has 1 aromatic heterocycles. The van der Waals surface area contributed by atoms with E-state index in [9.17, 15) is 9.59 Å². The van der Waals surface area contributed by atoms with Crippen LogP contribution in [0.15, 0.2) is 29.1 Å². The summed E-state index contributed by atoms with van der Waals surface area (Å²) in [5, 5.41) is 3.31. The number of aromatic nitrogens is 2. The molecule has 1 fully saturated rings. The fourth-order valence-electron chi connectivity index (χ4n) is 2.58. The maximum Gasteiger partial charge on any atom is 0.262 e. The molecule has 0 unspecified atom stereocenters. The highest BCUT2D eigenvalue weighted by Crippen LogP contribution is 2.10. The Morgan fingerprint density at radius 3 is 3.05 bits per heavy atom. The van der Waals surface area contributed by atoms with Crippen LogP contribution in [0.5, 0.6) is 0 Å². The number of hydrogen-bond acceptors (Lipinski definition) is 4. The van der Waals surface area contributed by atoms with Crippen molar-refractivity contribution < 1.29 is 9.53 Å². The molecule has 0 bridgehead atoms. The quantitative estimate of drug-likeness (QED) is 0.834. The molecule has 1 amide bonds. The SMILES string of the molecule is O=C(Cn1c(=S)[nH]c2ccccc2c1=O)NC[C@H]1CCCO1. The molecule has 2 N–H and O–H groups in total. The summed E-state index contributed by atoms with van der Waals surface area (Å²) in [4.78, 5) is 27.4. The molecule has 7 heteroatoms. The summed E-state index contributed by atoms with van der Waals surface area (Å²) >= 11 is 5.18. The number of amides is 1. The lowest BCUT2D eigenvalue weighted by Crippen LogP contribution is -2.37. The first-order valence-corrected chi connectivity index (χ1v) is 7.66. The number of benzene rings is 1. The highest BCUT2D eigenvalue weighted by atomic mass is 32.1. The van der Waals surface area contributed by atoms with E-state index < -0.39 is 0 Å². The molecule has 1 aliphatic heterocycles. The number of H-pyrrole nitrogens is 1. The third kappa shape index (κ3) is 3.10. The van der Waals surface area contributed by atoms with E-state index in [1.54, 1.807) is 18.2 Å². The van der Waals surface area contributed by atoms with Gasteiger partial charge in [0.05, 0.1) is 17.0 Å². The van der Waals surface area contributed by atoms with Gasteiger partial charge in [0.25, 0.3) is 5.56 Å². The van der Waals surface area contributed by atoms with Gasteiger partial charge in [0, 0.05) is 13.2 Å². The topological polar surface area (TPSA) is 76.1 Å². The summed E-state index contributed by atoms with van der Waals surface area (Å²) in [6.45, 7) is 1.12. The molecule has 0 aliphatic carbocycles. The van der Waals surface area contributed by atoms with Gasteiger partial charge in [0.1, 0.15) is 6.54 Å². The second-order valence-corrected chi connectivity index (χ2v) is 5.69. The van der Waals surface area contributed by atoms with Crippen molar-refractivity contribution in [1.82, 2.24) is 14.9 Å². The number of nitrogens with one attached hydrogen (secondary N) is 2. The maximum absolute atomic E-state index is 12.4. The van der Waals surface area contributed by atoms with Crippen molar-refractivity contribution in [3.63, 3.8) is 0 Å². The number of fused-ring (bicyclic) bond motifs is 1. The van der Waals surface area contributed by atoms with Gasteiger partial charge in [0.15, 0.2) is 4.77 Å². The second-order valence-electron chi connectivity index (χ2n) is 5.31. The second kappa shape index (κ2) is 6.41. The van der Waals surface area contributed by atoms with Crippen LogP contribution in [0.4, 0.5) is 0 Å². The molecular weight excluding hydrogens is 302 g/mol.